The van der Waals surface area contributed by atoms with E-state index in [4.69, 9.17) is 25.8 Å². The SMILES string of the molecule is CC(C)(C)OC(=O)N1CC(c2cc([N+](=O)[O-])c(OCc3c(N4CCOCC4)ccnc3Cl)c(C(F)(F)F)c2)C1. The number of amides is 1. The van der Waals surface area contributed by atoms with Gasteiger partial charge in [0.15, 0.2) is 0 Å². The van der Waals surface area contributed by atoms with Gasteiger partial charge >= 0.3 is 18.0 Å². The molecule has 10 nitrogen and oxygen atoms in total. The first-order valence-corrected chi connectivity index (χ1v) is 12.6. The van der Waals surface area contributed by atoms with E-state index < -0.39 is 52.3 Å². The fraction of sp³-hybridized carbons (Fsp3) is 0.520. The lowest BCUT2D eigenvalue weighted by atomic mass is 9.89. The second-order valence-electron chi connectivity index (χ2n) is 10.2. The van der Waals surface area contributed by atoms with Crippen LogP contribution in [0.2, 0.25) is 5.15 Å². The third-order valence-electron chi connectivity index (χ3n) is 6.29. The van der Waals surface area contributed by atoms with Crippen LogP contribution in [0, 0.1) is 10.1 Å². The molecule has 0 atom stereocenters. The van der Waals surface area contributed by atoms with Gasteiger partial charge in [-0.25, -0.2) is 9.78 Å². The number of aromatic nitrogens is 1. The highest BCUT2D eigenvalue weighted by atomic mass is 35.5. The number of hydrogen-bond acceptors (Lipinski definition) is 8. The molecule has 1 aromatic carbocycles. The summed E-state index contributed by atoms with van der Waals surface area (Å²) in [6.07, 6.45) is -4.08. The maximum Gasteiger partial charge on any atom is 0.420 e. The van der Waals surface area contributed by atoms with Crippen molar-refractivity contribution in [2.24, 2.45) is 0 Å². The smallest absolute Gasteiger partial charge is 0.420 e. The maximum atomic E-state index is 14.2. The van der Waals surface area contributed by atoms with Gasteiger partial charge in [-0.05, 0) is 38.5 Å². The molecule has 0 spiro atoms. The fourth-order valence-corrected chi connectivity index (χ4v) is 4.58. The van der Waals surface area contributed by atoms with Crippen LogP contribution in [-0.4, -0.2) is 65.9 Å². The molecule has 0 aliphatic carbocycles. The summed E-state index contributed by atoms with van der Waals surface area (Å²) in [5.41, 5.74) is -1.86. The monoisotopic (exact) mass is 572 g/mol. The number of carbonyl (C=O) groups is 1. The Balaban J connectivity index is 1.62. The standard InChI is InChI=1S/C25H28ClF3N4O6/c1-24(2,3)39-23(34)32-12-16(13-32)15-10-18(25(27,28)29)21(20(11-15)33(35)36)38-14-17-19(4-5-30-22(17)26)31-6-8-37-9-7-31/h4-5,10-11,16H,6-9,12-14H2,1-3H3. The van der Waals surface area contributed by atoms with Gasteiger partial charge in [0.1, 0.15) is 22.9 Å². The minimum atomic E-state index is -4.95. The summed E-state index contributed by atoms with van der Waals surface area (Å²) < 4.78 is 58.7. The van der Waals surface area contributed by atoms with Crippen LogP contribution in [0.3, 0.4) is 0 Å². The number of alkyl halides is 3. The summed E-state index contributed by atoms with van der Waals surface area (Å²) in [6.45, 7) is 6.71. The van der Waals surface area contributed by atoms with Crippen molar-refractivity contribution < 1.29 is 37.1 Å². The summed E-state index contributed by atoms with van der Waals surface area (Å²) in [6, 6.07) is 3.56. The first kappa shape index (κ1) is 28.7. The minimum absolute atomic E-state index is 0.0172. The van der Waals surface area contributed by atoms with Crippen molar-refractivity contribution in [1.82, 2.24) is 9.88 Å². The van der Waals surface area contributed by atoms with Crippen LogP contribution in [-0.2, 0) is 22.3 Å². The molecule has 2 saturated heterocycles. The zero-order valence-corrected chi connectivity index (χ0v) is 22.3. The number of likely N-dealkylation sites (tertiary alicyclic amines) is 1. The van der Waals surface area contributed by atoms with Gasteiger partial charge in [0, 0.05) is 50.0 Å². The molecule has 0 radical (unpaired) electrons. The molecule has 14 heteroatoms. The van der Waals surface area contributed by atoms with E-state index in [-0.39, 0.29) is 23.8 Å². The number of pyridine rings is 1. The van der Waals surface area contributed by atoms with Crippen molar-refractivity contribution in [2.45, 2.75) is 45.1 Å². The second-order valence-corrected chi connectivity index (χ2v) is 10.6. The van der Waals surface area contributed by atoms with E-state index in [1.165, 1.54) is 11.1 Å². The molecule has 4 rings (SSSR count). The molecule has 1 aromatic heterocycles. The first-order chi connectivity index (χ1) is 18.2. The number of carbonyl (C=O) groups excluding carboxylic acids is 1. The lowest BCUT2D eigenvalue weighted by molar-refractivity contribution is -0.386. The molecular formula is C25H28ClF3N4O6. The minimum Gasteiger partial charge on any atom is -0.481 e. The lowest BCUT2D eigenvalue weighted by Gasteiger charge is -2.40. The van der Waals surface area contributed by atoms with Crippen molar-refractivity contribution >= 4 is 29.1 Å². The number of nitro groups is 1. The van der Waals surface area contributed by atoms with E-state index in [9.17, 15) is 28.1 Å². The molecule has 39 heavy (non-hydrogen) atoms. The van der Waals surface area contributed by atoms with Gasteiger partial charge in [0.2, 0.25) is 5.75 Å². The van der Waals surface area contributed by atoms with Crippen molar-refractivity contribution in [1.29, 1.82) is 0 Å². The number of hydrogen-bond donors (Lipinski definition) is 0. The van der Waals surface area contributed by atoms with Gasteiger partial charge < -0.3 is 24.0 Å². The number of nitrogens with zero attached hydrogens (tertiary/aromatic N) is 4. The largest absolute Gasteiger partial charge is 0.481 e. The Morgan fingerprint density at radius 3 is 2.49 bits per heavy atom. The number of anilines is 1. The molecule has 0 unspecified atom stereocenters. The number of ether oxygens (including phenoxy) is 3. The van der Waals surface area contributed by atoms with Gasteiger partial charge in [-0.3, -0.25) is 10.1 Å². The zero-order chi connectivity index (χ0) is 28.5. The third kappa shape index (κ3) is 6.64. The summed E-state index contributed by atoms with van der Waals surface area (Å²) in [7, 11) is 0. The van der Waals surface area contributed by atoms with Crippen molar-refractivity contribution in [2.75, 3.05) is 44.3 Å². The molecule has 1 amide bonds. The van der Waals surface area contributed by atoms with E-state index in [0.717, 1.165) is 12.1 Å². The number of morpholine rings is 1. The molecule has 3 heterocycles. The Hall–Kier alpha value is -3.32. The van der Waals surface area contributed by atoms with Crippen molar-refractivity contribution in [3.63, 3.8) is 0 Å². The molecule has 2 aliphatic heterocycles. The molecule has 2 aliphatic rings. The summed E-state index contributed by atoms with van der Waals surface area (Å²) in [5.74, 6) is -1.44. The van der Waals surface area contributed by atoms with Crippen LogP contribution in [0.15, 0.2) is 24.4 Å². The summed E-state index contributed by atoms with van der Waals surface area (Å²) in [4.78, 5) is 30.5. The van der Waals surface area contributed by atoms with Crippen LogP contribution in [0.1, 0.15) is 43.4 Å². The summed E-state index contributed by atoms with van der Waals surface area (Å²) >= 11 is 6.27. The molecule has 0 bridgehead atoms. The average molecular weight is 573 g/mol. The predicted molar refractivity (Wildman–Crippen MR) is 135 cm³/mol. The summed E-state index contributed by atoms with van der Waals surface area (Å²) in [5, 5.41) is 11.9. The molecule has 2 fully saturated rings. The van der Waals surface area contributed by atoms with E-state index in [2.05, 4.69) is 4.98 Å². The quantitative estimate of drug-likeness (QED) is 0.257. The first-order valence-electron chi connectivity index (χ1n) is 12.2. The van der Waals surface area contributed by atoms with Crippen LogP contribution < -0.4 is 9.64 Å². The third-order valence-corrected chi connectivity index (χ3v) is 6.62. The Morgan fingerprint density at radius 2 is 1.90 bits per heavy atom. The molecular weight excluding hydrogens is 545 g/mol. The Morgan fingerprint density at radius 1 is 1.23 bits per heavy atom. The highest BCUT2D eigenvalue weighted by Gasteiger charge is 2.42. The Kier molecular flexibility index (Phi) is 8.12. The van der Waals surface area contributed by atoms with Gasteiger partial charge in [0.25, 0.3) is 0 Å². The maximum absolute atomic E-state index is 14.2. The van der Waals surface area contributed by atoms with Gasteiger partial charge in [-0.15, -0.1) is 0 Å². The Bertz CT molecular complexity index is 1240. The van der Waals surface area contributed by atoms with Crippen LogP contribution in [0.25, 0.3) is 0 Å². The second kappa shape index (κ2) is 11.0. The van der Waals surface area contributed by atoms with Gasteiger partial charge in [0.05, 0.1) is 23.7 Å². The van der Waals surface area contributed by atoms with E-state index in [0.29, 0.717) is 37.6 Å². The number of halogens is 4. The highest BCUT2D eigenvalue weighted by Crippen LogP contribution is 2.45. The molecule has 0 saturated carbocycles. The molecule has 0 N–H and O–H groups in total. The lowest BCUT2D eigenvalue weighted by Crippen LogP contribution is -2.50. The number of benzene rings is 1. The van der Waals surface area contributed by atoms with Crippen molar-refractivity contribution in [3.8, 4) is 5.75 Å². The Labute approximate surface area is 227 Å². The fourth-order valence-electron chi connectivity index (χ4n) is 4.37. The van der Waals surface area contributed by atoms with E-state index in [1.807, 2.05) is 4.90 Å². The number of rotatable bonds is 6. The van der Waals surface area contributed by atoms with Crippen LogP contribution in [0.4, 0.5) is 29.3 Å². The molecule has 212 valence electrons. The number of nitro benzene ring substituents is 1. The predicted octanol–water partition coefficient (Wildman–Crippen LogP) is 5.41. The normalized spacial score (nSPS) is 16.6. The van der Waals surface area contributed by atoms with Gasteiger partial charge in [-0.2, -0.15) is 13.2 Å². The van der Waals surface area contributed by atoms with Gasteiger partial charge in [-0.1, -0.05) is 11.6 Å². The van der Waals surface area contributed by atoms with E-state index in [1.54, 1.807) is 26.8 Å². The zero-order valence-electron chi connectivity index (χ0n) is 21.6. The van der Waals surface area contributed by atoms with Crippen LogP contribution in [0.5, 0.6) is 5.75 Å². The highest BCUT2D eigenvalue weighted by molar-refractivity contribution is 6.30. The molecule has 2 aromatic rings. The topological polar surface area (TPSA) is 107 Å². The van der Waals surface area contributed by atoms with Crippen LogP contribution >= 0.6 is 11.6 Å². The van der Waals surface area contributed by atoms with Crippen molar-refractivity contribution in [3.05, 3.63) is 56.4 Å². The average Bonchev–Trinajstić information content (AvgIpc) is 2.81. The van der Waals surface area contributed by atoms with E-state index >= 15 is 0 Å².